The number of fused-ring (bicyclic) bond motifs is 3. The molecule has 1 aliphatic carbocycles. The maximum absolute atomic E-state index is 12.0. The third-order valence-electron chi connectivity index (χ3n) is 7.63. The summed E-state index contributed by atoms with van der Waals surface area (Å²) in [4.78, 5) is 26.8. The zero-order valence-corrected chi connectivity index (χ0v) is 21.8. The van der Waals surface area contributed by atoms with Crippen molar-refractivity contribution in [2.45, 2.75) is 13.3 Å². The van der Waals surface area contributed by atoms with Gasteiger partial charge in [0.05, 0.1) is 10.4 Å². The SMILES string of the molecule is Cc1cc(Nc2ncnc3cc(C#CC45CC4CN(C)C5)c([N+](=O)[O-])cc23)ccc1Oc1ccn2ncnc2c1. The number of ether oxygens (including phenoxy) is 1. The van der Waals surface area contributed by atoms with Crippen molar-refractivity contribution in [3.05, 3.63) is 82.6 Å². The van der Waals surface area contributed by atoms with Gasteiger partial charge in [-0.15, -0.1) is 0 Å². The summed E-state index contributed by atoms with van der Waals surface area (Å²) < 4.78 is 7.73. The largest absolute Gasteiger partial charge is 0.457 e. The third-order valence-corrected chi connectivity index (χ3v) is 7.63. The summed E-state index contributed by atoms with van der Waals surface area (Å²) in [5.74, 6) is 8.83. The Morgan fingerprint density at radius 2 is 2.05 bits per heavy atom. The quantitative estimate of drug-likeness (QED) is 0.194. The number of nitro benzene ring substituents is 1. The van der Waals surface area contributed by atoms with Gasteiger partial charge in [-0.25, -0.2) is 19.5 Å². The molecule has 1 saturated heterocycles. The molecule has 0 radical (unpaired) electrons. The number of rotatable bonds is 5. The summed E-state index contributed by atoms with van der Waals surface area (Å²) >= 11 is 0. The molecule has 1 saturated carbocycles. The smallest absolute Gasteiger partial charge is 0.285 e. The van der Waals surface area contributed by atoms with Gasteiger partial charge in [0.25, 0.3) is 5.69 Å². The molecule has 2 aliphatic rings. The minimum atomic E-state index is -0.393. The standard InChI is InChI=1S/C29H24N8O3/c1-18-9-21(3-4-26(18)40-22-6-8-36-27(11-22)31-17-33-36)34-28-23-12-25(37(38)39)19(10-24(23)30-16-32-28)5-7-29-13-20(29)14-35(2)15-29/h3-4,6,8-12,16-17,20H,13-15H2,1-2H3,(H,30,32,34). The number of piperidine rings is 1. The Kier molecular flexibility index (Phi) is 5.40. The highest BCUT2D eigenvalue weighted by Gasteiger charge is 2.58. The molecular weight excluding hydrogens is 508 g/mol. The number of benzene rings is 2. The molecule has 40 heavy (non-hydrogen) atoms. The normalized spacial score (nSPS) is 19.7. The Morgan fingerprint density at radius 1 is 1.15 bits per heavy atom. The van der Waals surface area contributed by atoms with E-state index in [2.05, 4.69) is 49.2 Å². The van der Waals surface area contributed by atoms with E-state index in [1.165, 1.54) is 18.7 Å². The van der Waals surface area contributed by atoms with Crippen molar-refractivity contribution >= 4 is 33.7 Å². The van der Waals surface area contributed by atoms with E-state index in [9.17, 15) is 10.1 Å². The van der Waals surface area contributed by atoms with Gasteiger partial charge in [0.15, 0.2) is 5.65 Å². The molecule has 11 heteroatoms. The van der Waals surface area contributed by atoms with Crippen molar-refractivity contribution < 1.29 is 9.66 Å². The maximum atomic E-state index is 12.0. The van der Waals surface area contributed by atoms with E-state index in [1.807, 2.05) is 37.3 Å². The highest BCUT2D eigenvalue weighted by molar-refractivity contribution is 5.93. The molecule has 2 atom stereocenters. The summed E-state index contributed by atoms with van der Waals surface area (Å²) in [5, 5.41) is 19.9. The molecule has 2 fully saturated rings. The van der Waals surface area contributed by atoms with Crippen LogP contribution in [0, 0.1) is 40.2 Å². The minimum Gasteiger partial charge on any atom is -0.457 e. The zero-order chi connectivity index (χ0) is 27.4. The Morgan fingerprint density at radius 3 is 2.85 bits per heavy atom. The first-order valence-corrected chi connectivity index (χ1v) is 12.9. The van der Waals surface area contributed by atoms with Gasteiger partial charge in [-0.2, -0.15) is 5.10 Å². The molecule has 1 aliphatic heterocycles. The molecule has 0 spiro atoms. The van der Waals surface area contributed by atoms with Crippen LogP contribution in [0.5, 0.6) is 11.5 Å². The van der Waals surface area contributed by atoms with E-state index >= 15 is 0 Å². The van der Waals surface area contributed by atoms with Crippen LogP contribution >= 0.6 is 0 Å². The molecular formula is C29H24N8O3. The molecule has 198 valence electrons. The van der Waals surface area contributed by atoms with Crippen LogP contribution in [-0.2, 0) is 0 Å². The summed E-state index contributed by atoms with van der Waals surface area (Å²) in [6, 6.07) is 12.5. The van der Waals surface area contributed by atoms with Crippen LogP contribution in [0.3, 0.4) is 0 Å². The minimum absolute atomic E-state index is 0.0348. The first kappa shape index (κ1) is 24.0. The highest BCUT2D eigenvalue weighted by atomic mass is 16.6. The monoisotopic (exact) mass is 532 g/mol. The van der Waals surface area contributed by atoms with E-state index < -0.39 is 4.92 Å². The molecule has 4 heterocycles. The second kappa shape index (κ2) is 9.00. The highest BCUT2D eigenvalue weighted by Crippen LogP contribution is 2.57. The Bertz CT molecular complexity index is 1890. The predicted octanol–water partition coefficient (Wildman–Crippen LogP) is 4.73. The number of hydrogen-bond donors (Lipinski definition) is 1. The lowest BCUT2D eigenvalue weighted by molar-refractivity contribution is -0.385. The number of nitrogens with zero attached hydrogens (tertiary/aromatic N) is 7. The van der Waals surface area contributed by atoms with Crippen molar-refractivity contribution in [2.24, 2.45) is 11.3 Å². The van der Waals surface area contributed by atoms with Gasteiger partial charge in [-0.05, 0) is 62.2 Å². The fourth-order valence-electron chi connectivity index (χ4n) is 5.53. The van der Waals surface area contributed by atoms with Crippen LogP contribution in [0.2, 0.25) is 0 Å². The Balaban J connectivity index is 1.17. The predicted molar refractivity (Wildman–Crippen MR) is 149 cm³/mol. The molecule has 0 bridgehead atoms. The number of nitro groups is 1. The van der Waals surface area contributed by atoms with Crippen LogP contribution in [0.25, 0.3) is 16.6 Å². The first-order valence-electron chi connectivity index (χ1n) is 12.9. The second-order valence-corrected chi connectivity index (χ2v) is 10.5. The molecule has 7 rings (SSSR count). The first-order chi connectivity index (χ1) is 19.4. The molecule has 2 unspecified atom stereocenters. The van der Waals surface area contributed by atoms with Crippen LogP contribution in [0.15, 0.2) is 61.3 Å². The number of aromatic nitrogens is 5. The van der Waals surface area contributed by atoms with Gasteiger partial charge in [0.2, 0.25) is 0 Å². The molecule has 1 N–H and O–H groups in total. The summed E-state index contributed by atoms with van der Waals surface area (Å²) in [6.45, 7) is 3.88. The number of anilines is 2. The van der Waals surface area contributed by atoms with E-state index in [-0.39, 0.29) is 11.1 Å². The van der Waals surface area contributed by atoms with Crippen molar-refractivity contribution in [3.8, 4) is 23.3 Å². The molecule has 11 nitrogen and oxygen atoms in total. The molecule has 3 aromatic heterocycles. The van der Waals surface area contributed by atoms with Crippen molar-refractivity contribution in [1.82, 2.24) is 29.5 Å². The number of aryl methyl sites for hydroxylation is 1. The fourth-order valence-corrected chi connectivity index (χ4v) is 5.53. The van der Waals surface area contributed by atoms with Gasteiger partial charge in [-0.1, -0.05) is 11.8 Å². The van der Waals surface area contributed by atoms with E-state index in [4.69, 9.17) is 4.74 Å². The third kappa shape index (κ3) is 4.24. The van der Waals surface area contributed by atoms with Gasteiger partial charge in [-0.3, -0.25) is 10.1 Å². The number of pyridine rings is 1. The van der Waals surface area contributed by atoms with Crippen LogP contribution < -0.4 is 10.1 Å². The summed E-state index contributed by atoms with van der Waals surface area (Å²) in [7, 11) is 2.08. The van der Waals surface area contributed by atoms with Gasteiger partial charge >= 0.3 is 0 Å². The number of likely N-dealkylation sites (tertiary alicyclic amines) is 1. The lowest BCUT2D eigenvalue weighted by atomic mass is 10.0. The lowest BCUT2D eigenvalue weighted by Crippen LogP contribution is -2.19. The average Bonchev–Trinajstić information content (AvgIpc) is 3.24. The van der Waals surface area contributed by atoms with Gasteiger partial charge in [0, 0.05) is 47.9 Å². The van der Waals surface area contributed by atoms with Crippen LogP contribution in [0.1, 0.15) is 17.5 Å². The van der Waals surface area contributed by atoms with Gasteiger partial charge < -0.3 is 15.0 Å². The Labute approximate surface area is 229 Å². The number of nitrogens with one attached hydrogen (secondary N) is 1. The van der Waals surface area contributed by atoms with Crippen molar-refractivity contribution in [2.75, 3.05) is 25.5 Å². The fraction of sp³-hybridized carbons (Fsp3) is 0.241. The van der Waals surface area contributed by atoms with Crippen LogP contribution in [0.4, 0.5) is 17.2 Å². The molecule has 0 amide bonds. The van der Waals surface area contributed by atoms with E-state index in [0.29, 0.717) is 45.3 Å². The zero-order valence-electron chi connectivity index (χ0n) is 21.8. The maximum Gasteiger partial charge on any atom is 0.285 e. The van der Waals surface area contributed by atoms with E-state index in [1.54, 1.807) is 16.8 Å². The average molecular weight is 533 g/mol. The van der Waals surface area contributed by atoms with Crippen molar-refractivity contribution in [1.29, 1.82) is 0 Å². The van der Waals surface area contributed by atoms with E-state index in [0.717, 1.165) is 30.8 Å². The lowest BCUT2D eigenvalue weighted by Gasteiger charge is -2.13. The summed E-state index contributed by atoms with van der Waals surface area (Å²) in [5.41, 5.74) is 3.21. The summed E-state index contributed by atoms with van der Waals surface area (Å²) in [6.07, 6.45) is 5.78. The molecule has 2 aromatic carbocycles. The van der Waals surface area contributed by atoms with Crippen molar-refractivity contribution in [3.63, 3.8) is 0 Å². The second-order valence-electron chi connectivity index (χ2n) is 10.5. The van der Waals surface area contributed by atoms with Crippen LogP contribution in [-0.4, -0.2) is 54.5 Å². The number of hydrogen-bond acceptors (Lipinski definition) is 9. The topological polar surface area (TPSA) is 124 Å². The Hall–Kier alpha value is -5.08. The van der Waals surface area contributed by atoms with Gasteiger partial charge in [0.1, 0.15) is 35.5 Å². The molecule has 5 aromatic rings.